The van der Waals surface area contributed by atoms with Gasteiger partial charge in [-0.25, -0.2) is 4.68 Å². The minimum Gasteiger partial charge on any atom is -0.336 e. The van der Waals surface area contributed by atoms with Crippen LogP contribution in [0.15, 0.2) is 0 Å². The van der Waals surface area contributed by atoms with Gasteiger partial charge in [0.2, 0.25) is 0 Å². The third-order valence-corrected chi connectivity index (χ3v) is 6.07. The van der Waals surface area contributed by atoms with Gasteiger partial charge < -0.3 is 15.6 Å². The van der Waals surface area contributed by atoms with Crippen LogP contribution in [0.25, 0.3) is 0 Å². The van der Waals surface area contributed by atoms with E-state index in [2.05, 4.69) is 33.8 Å². The van der Waals surface area contributed by atoms with Crippen LogP contribution in [0, 0.1) is 11.8 Å². The van der Waals surface area contributed by atoms with E-state index in [1.54, 1.807) is 4.68 Å². The standard InChI is InChI=1S/C20H38N6/c1-17-7-3-11-24(15-17)13-5-9-19-22-23-20(26(19)21)10-6-14-25-12-4-8-18(2)16-25/h17-18H,3-16,21H2,1-2H3/t17-,18-/m1/s1. The molecule has 2 fully saturated rings. The molecule has 0 aromatic carbocycles. The highest BCUT2D eigenvalue weighted by Gasteiger charge is 2.18. The molecule has 0 bridgehead atoms. The van der Waals surface area contributed by atoms with Crippen LogP contribution in [0.2, 0.25) is 0 Å². The Morgan fingerprint density at radius 2 is 1.31 bits per heavy atom. The average molecular weight is 363 g/mol. The average Bonchev–Trinajstić information content (AvgIpc) is 2.96. The number of rotatable bonds is 8. The van der Waals surface area contributed by atoms with E-state index in [4.69, 9.17) is 5.84 Å². The Balaban J connectivity index is 1.37. The number of nitrogens with zero attached hydrogens (tertiary/aromatic N) is 5. The molecule has 2 aliphatic heterocycles. The highest BCUT2D eigenvalue weighted by molar-refractivity contribution is 4.96. The summed E-state index contributed by atoms with van der Waals surface area (Å²) in [7, 11) is 0. The number of aryl methyl sites for hydroxylation is 2. The molecule has 0 aliphatic carbocycles. The van der Waals surface area contributed by atoms with Crippen molar-refractivity contribution in [1.82, 2.24) is 24.7 Å². The number of likely N-dealkylation sites (tertiary alicyclic amines) is 2. The lowest BCUT2D eigenvalue weighted by Crippen LogP contribution is -2.35. The molecule has 3 rings (SSSR count). The maximum Gasteiger partial charge on any atom is 0.151 e. The molecular formula is C20H38N6. The summed E-state index contributed by atoms with van der Waals surface area (Å²) in [6.45, 7) is 12.0. The van der Waals surface area contributed by atoms with Crippen molar-refractivity contribution in [3.05, 3.63) is 11.6 Å². The van der Waals surface area contributed by atoms with Crippen LogP contribution in [-0.2, 0) is 12.8 Å². The summed E-state index contributed by atoms with van der Waals surface area (Å²) >= 11 is 0. The molecule has 148 valence electrons. The topological polar surface area (TPSA) is 63.2 Å². The number of aromatic nitrogens is 3. The fraction of sp³-hybridized carbons (Fsp3) is 0.900. The number of hydrogen-bond donors (Lipinski definition) is 1. The molecule has 26 heavy (non-hydrogen) atoms. The molecule has 1 aromatic heterocycles. The molecule has 6 nitrogen and oxygen atoms in total. The molecule has 1 aromatic rings. The Bertz CT molecular complexity index is 497. The fourth-order valence-electron chi connectivity index (χ4n) is 4.60. The molecule has 0 unspecified atom stereocenters. The zero-order chi connectivity index (χ0) is 18.4. The van der Waals surface area contributed by atoms with Crippen LogP contribution in [0.1, 0.15) is 64.0 Å². The first-order chi connectivity index (χ1) is 12.6. The minimum atomic E-state index is 0.844. The van der Waals surface area contributed by atoms with Gasteiger partial charge in [-0.05, 0) is 76.5 Å². The van der Waals surface area contributed by atoms with E-state index in [0.29, 0.717) is 0 Å². The van der Waals surface area contributed by atoms with Gasteiger partial charge in [-0.15, -0.1) is 10.2 Å². The van der Waals surface area contributed by atoms with Gasteiger partial charge in [0, 0.05) is 25.9 Å². The zero-order valence-corrected chi connectivity index (χ0v) is 16.9. The normalized spacial score (nSPS) is 25.6. The lowest BCUT2D eigenvalue weighted by atomic mass is 10.00. The number of nitrogen functional groups attached to an aromatic ring is 1. The Hall–Kier alpha value is -1.14. The predicted molar refractivity (Wildman–Crippen MR) is 106 cm³/mol. The highest BCUT2D eigenvalue weighted by Crippen LogP contribution is 2.17. The Morgan fingerprint density at radius 1 is 0.846 bits per heavy atom. The van der Waals surface area contributed by atoms with Gasteiger partial charge in [0.05, 0.1) is 0 Å². The molecule has 2 saturated heterocycles. The molecule has 2 atom stereocenters. The van der Waals surface area contributed by atoms with Gasteiger partial charge in [0.1, 0.15) is 0 Å². The van der Waals surface area contributed by atoms with Crippen LogP contribution in [0.4, 0.5) is 0 Å². The van der Waals surface area contributed by atoms with Gasteiger partial charge in [-0.3, -0.25) is 0 Å². The first-order valence-corrected chi connectivity index (χ1v) is 10.7. The summed E-state index contributed by atoms with van der Waals surface area (Å²) in [6.07, 6.45) is 9.54. The van der Waals surface area contributed by atoms with Crippen molar-refractivity contribution in [2.24, 2.45) is 11.8 Å². The van der Waals surface area contributed by atoms with Crippen LogP contribution < -0.4 is 5.84 Å². The first-order valence-electron chi connectivity index (χ1n) is 10.7. The van der Waals surface area contributed by atoms with Crippen LogP contribution in [0.3, 0.4) is 0 Å². The molecule has 0 radical (unpaired) electrons. The van der Waals surface area contributed by atoms with Gasteiger partial charge in [-0.1, -0.05) is 13.8 Å². The molecule has 2 aliphatic rings. The van der Waals surface area contributed by atoms with Gasteiger partial charge in [0.25, 0.3) is 0 Å². The third kappa shape index (κ3) is 5.68. The molecular weight excluding hydrogens is 324 g/mol. The summed E-state index contributed by atoms with van der Waals surface area (Å²) in [4.78, 5) is 5.18. The second-order valence-electron chi connectivity index (χ2n) is 8.71. The van der Waals surface area contributed by atoms with Crippen molar-refractivity contribution >= 4 is 0 Å². The second kappa shape index (κ2) is 9.70. The number of hydrogen-bond acceptors (Lipinski definition) is 5. The quantitative estimate of drug-likeness (QED) is 0.719. The lowest BCUT2D eigenvalue weighted by Gasteiger charge is -2.30. The van der Waals surface area contributed by atoms with Crippen molar-refractivity contribution in [2.75, 3.05) is 45.1 Å². The van der Waals surface area contributed by atoms with E-state index < -0.39 is 0 Å². The Kier molecular flexibility index (Phi) is 7.32. The van der Waals surface area contributed by atoms with E-state index in [0.717, 1.165) is 62.3 Å². The number of nitrogens with two attached hydrogens (primary N) is 1. The Labute approximate surface area is 159 Å². The summed E-state index contributed by atoms with van der Waals surface area (Å²) in [6, 6.07) is 0. The van der Waals surface area contributed by atoms with E-state index in [1.807, 2.05) is 0 Å². The molecule has 0 saturated carbocycles. The molecule has 3 heterocycles. The summed E-state index contributed by atoms with van der Waals surface area (Å²) < 4.78 is 1.75. The predicted octanol–water partition coefficient (Wildman–Crippen LogP) is 2.32. The Morgan fingerprint density at radius 3 is 1.73 bits per heavy atom. The van der Waals surface area contributed by atoms with Crippen LogP contribution >= 0.6 is 0 Å². The van der Waals surface area contributed by atoms with Crippen molar-refractivity contribution < 1.29 is 0 Å². The SMILES string of the molecule is C[C@@H]1CCCN(CCCc2nnc(CCCN3CCC[C@@H](C)C3)n2N)C1. The largest absolute Gasteiger partial charge is 0.336 e. The summed E-state index contributed by atoms with van der Waals surface area (Å²) in [5.74, 6) is 9.82. The monoisotopic (exact) mass is 362 g/mol. The first kappa shape index (κ1) is 19.6. The molecule has 0 amide bonds. The summed E-state index contributed by atoms with van der Waals surface area (Å²) in [5, 5.41) is 8.69. The van der Waals surface area contributed by atoms with Crippen LogP contribution in [0.5, 0.6) is 0 Å². The van der Waals surface area contributed by atoms with Crippen molar-refractivity contribution in [1.29, 1.82) is 0 Å². The molecule has 6 heteroatoms. The molecule has 2 N–H and O–H groups in total. The highest BCUT2D eigenvalue weighted by atomic mass is 15.4. The van der Waals surface area contributed by atoms with E-state index in [-0.39, 0.29) is 0 Å². The zero-order valence-electron chi connectivity index (χ0n) is 16.9. The lowest BCUT2D eigenvalue weighted by molar-refractivity contribution is 0.181. The fourth-order valence-corrected chi connectivity index (χ4v) is 4.60. The van der Waals surface area contributed by atoms with Crippen molar-refractivity contribution in [3.8, 4) is 0 Å². The smallest absolute Gasteiger partial charge is 0.151 e. The second-order valence-corrected chi connectivity index (χ2v) is 8.71. The maximum atomic E-state index is 6.25. The maximum absolute atomic E-state index is 6.25. The van der Waals surface area contributed by atoms with Crippen molar-refractivity contribution in [3.63, 3.8) is 0 Å². The third-order valence-electron chi connectivity index (χ3n) is 6.07. The van der Waals surface area contributed by atoms with Crippen molar-refractivity contribution in [2.45, 2.75) is 65.2 Å². The molecule has 0 spiro atoms. The van der Waals surface area contributed by atoms with Gasteiger partial charge >= 0.3 is 0 Å². The summed E-state index contributed by atoms with van der Waals surface area (Å²) in [5.41, 5.74) is 0. The van der Waals surface area contributed by atoms with E-state index >= 15 is 0 Å². The van der Waals surface area contributed by atoms with Gasteiger partial charge in [-0.2, -0.15) is 0 Å². The minimum absolute atomic E-state index is 0.844. The number of piperidine rings is 2. The van der Waals surface area contributed by atoms with Gasteiger partial charge in [0.15, 0.2) is 11.6 Å². The van der Waals surface area contributed by atoms with Crippen LogP contribution in [-0.4, -0.2) is 63.9 Å². The van der Waals surface area contributed by atoms with E-state index in [1.165, 1.54) is 51.9 Å². The van der Waals surface area contributed by atoms with E-state index in [9.17, 15) is 0 Å².